The van der Waals surface area contributed by atoms with Gasteiger partial charge in [0.1, 0.15) is 17.9 Å². The largest absolute Gasteiger partial charge is 0.507 e. The van der Waals surface area contributed by atoms with Crippen molar-refractivity contribution < 1.29 is 24.9 Å². The molecular weight excluding hydrogens is 202 g/mol. The summed E-state index contributed by atoms with van der Waals surface area (Å²) in [5.74, 6) is -2.34. The number of aliphatic hydroxyl groups is 1. The van der Waals surface area contributed by atoms with E-state index in [2.05, 4.69) is 5.32 Å². The monoisotopic (exact) mass is 211 g/mol. The Morgan fingerprint density at radius 2 is 2.00 bits per heavy atom. The summed E-state index contributed by atoms with van der Waals surface area (Å²) in [7, 11) is 0. The van der Waals surface area contributed by atoms with Crippen LogP contribution < -0.4 is 5.32 Å². The number of hydrogen-bond donors (Lipinski definition) is 4. The molecule has 1 aromatic rings. The van der Waals surface area contributed by atoms with E-state index in [0.717, 1.165) is 12.1 Å². The number of carboxylic acid groups (broad SMARTS) is 1. The minimum atomic E-state index is -1.30. The van der Waals surface area contributed by atoms with Crippen molar-refractivity contribution in [2.45, 2.75) is 0 Å². The van der Waals surface area contributed by atoms with Gasteiger partial charge in [0.2, 0.25) is 5.91 Å². The molecule has 0 saturated carbocycles. The lowest BCUT2D eigenvalue weighted by Gasteiger charge is -2.05. The Bertz CT molecular complexity index is 401. The molecule has 0 heterocycles. The number of phenols is 1. The number of hydrogen-bond acceptors (Lipinski definition) is 4. The third kappa shape index (κ3) is 2.68. The molecule has 1 aromatic carbocycles. The number of carbonyl (C=O) groups excluding carboxylic acids is 1. The van der Waals surface area contributed by atoms with Gasteiger partial charge in [-0.25, -0.2) is 4.79 Å². The lowest BCUT2D eigenvalue weighted by molar-refractivity contribution is -0.118. The van der Waals surface area contributed by atoms with Crippen LogP contribution in [0.1, 0.15) is 10.4 Å². The third-order valence-corrected chi connectivity index (χ3v) is 1.65. The molecule has 0 bridgehead atoms. The van der Waals surface area contributed by atoms with Crippen molar-refractivity contribution in [2.75, 3.05) is 11.9 Å². The quantitative estimate of drug-likeness (QED) is 0.527. The molecule has 0 aliphatic heterocycles. The summed E-state index contributed by atoms with van der Waals surface area (Å²) in [5.41, 5.74) is -0.116. The average molecular weight is 211 g/mol. The van der Waals surface area contributed by atoms with Gasteiger partial charge >= 0.3 is 5.97 Å². The van der Waals surface area contributed by atoms with E-state index in [9.17, 15) is 9.59 Å². The first-order valence-corrected chi connectivity index (χ1v) is 4.01. The molecule has 0 saturated heterocycles. The van der Waals surface area contributed by atoms with Gasteiger partial charge in [-0.05, 0) is 18.2 Å². The molecule has 0 aliphatic rings. The summed E-state index contributed by atoms with van der Waals surface area (Å²) >= 11 is 0. The van der Waals surface area contributed by atoms with Gasteiger partial charge in [-0.3, -0.25) is 4.79 Å². The maximum atomic E-state index is 10.8. The lowest BCUT2D eigenvalue weighted by Crippen LogP contribution is -2.15. The Morgan fingerprint density at radius 1 is 1.33 bits per heavy atom. The summed E-state index contributed by atoms with van der Waals surface area (Å²) in [6.45, 7) is -0.691. The molecule has 0 aromatic heterocycles. The highest BCUT2D eigenvalue weighted by Gasteiger charge is 2.10. The number of aliphatic hydroxyl groups excluding tert-OH is 1. The first-order chi connectivity index (χ1) is 7.04. The first-order valence-electron chi connectivity index (χ1n) is 4.01. The van der Waals surface area contributed by atoms with E-state index >= 15 is 0 Å². The fraction of sp³-hybridized carbons (Fsp3) is 0.111. The van der Waals surface area contributed by atoms with E-state index in [1.165, 1.54) is 6.07 Å². The van der Waals surface area contributed by atoms with Crippen molar-refractivity contribution in [3.63, 3.8) is 0 Å². The highest BCUT2D eigenvalue weighted by Crippen LogP contribution is 2.21. The van der Waals surface area contributed by atoms with Crippen molar-refractivity contribution in [1.82, 2.24) is 0 Å². The number of nitrogens with one attached hydrogen (secondary N) is 1. The van der Waals surface area contributed by atoms with Crippen LogP contribution in [0.4, 0.5) is 5.69 Å². The van der Waals surface area contributed by atoms with E-state index in [-0.39, 0.29) is 17.0 Å². The molecular formula is C9H9NO5. The second kappa shape index (κ2) is 4.43. The Labute approximate surface area is 84.8 Å². The second-order valence-electron chi connectivity index (χ2n) is 2.74. The number of anilines is 1. The predicted octanol–water partition coefficient (Wildman–Crippen LogP) is 0.0212. The predicted molar refractivity (Wildman–Crippen MR) is 50.8 cm³/mol. The molecule has 0 aliphatic carbocycles. The van der Waals surface area contributed by atoms with Crippen molar-refractivity contribution in [1.29, 1.82) is 0 Å². The number of aromatic carboxylic acids is 1. The Hall–Kier alpha value is -2.08. The molecule has 15 heavy (non-hydrogen) atoms. The van der Waals surface area contributed by atoms with E-state index in [4.69, 9.17) is 15.3 Å². The summed E-state index contributed by atoms with van der Waals surface area (Å²) in [6.07, 6.45) is 0. The normalized spacial score (nSPS) is 9.67. The van der Waals surface area contributed by atoms with Gasteiger partial charge in [-0.2, -0.15) is 0 Å². The standard InChI is InChI=1S/C9H9NO5/c11-4-8(13)10-5-1-2-7(12)6(3-5)9(14)15/h1-3,11-12H,4H2,(H,10,13)(H,14,15). The van der Waals surface area contributed by atoms with Gasteiger partial charge in [0.15, 0.2) is 0 Å². The number of rotatable bonds is 3. The lowest BCUT2D eigenvalue weighted by atomic mass is 10.2. The summed E-state index contributed by atoms with van der Waals surface area (Å²) in [4.78, 5) is 21.4. The van der Waals surface area contributed by atoms with Crippen LogP contribution in [0.15, 0.2) is 18.2 Å². The maximum Gasteiger partial charge on any atom is 0.339 e. The van der Waals surface area contributed by atoms with Crippen molar-refractivity contribution in [2.24, 2.45) is 0 Å². The number of benzene rings is 1. The fourth-order valence-corrected chi connectivity index (χ4v) is 0.986. The van der Waals surface area contributed by atoms with Crippen LogP contribution in [-0.4, -0.2) is 33.8 Å². The zero-order chi connectivity index (χ0) is 11.4. The van der Waals surface area contributed by atoms with E-state index in [0.29, 0.717) is 0 Å². The van der Waals surface area contributed by atoms with Gasteiger partial charge in [0.05, 0.1) is 0 Å². The van der Waals surface area contributed by atoms with Gasteiger partial charge < -0.3 is 20.6 Å². The van der Waals surface area contributed by atoms with Crippen LogP contribution in [0.25, 0.3) is 0 Å². The Kier molecular flexibility index (Phi) is 3.25. The molecule has 6 nitrogen and oxygen atoms in total. The summed E-state index contributed by atoms with van der Waals surface area (Å²) < 4.78 is 0. The molecule has 0 spiro atoms. The molecule has 0 fully saturated rings. The van der Waals surface area contributed by atoms with Crippen molar-refractivity contribution >= 4 is 17.6 Å². The van der Waals surface area contributed by atoms with Crippen molar-refractivity contribution in [3.8, 4) is 5.75 Å². The number of carboxylic acids is 1. The minimum absolute atomic E-state index is 0.198. The highest BCUT2D eigenvalue weighted by molar-refractivity contribution is 5.95. The highest BCUT2D eigenvalue weighted by atomic mass is 16.4. The number of aromatic hydroxyl groups is 1. The minimum Gasteiger partial charge on any atom is -0.507 e. The van der Waals surface area contributed by atoms with Crippen LogP contribution in [-0.2, 0) is 4.79 Å². The maximum absolute atomic E-state index is 10.8. The SMILES string of the molecule is O=C(CO)Nc1ccc(O)c(C(=O)O)c1. The number of carbonyl (C=O) groups is 2. The summed E-state index contributed by atoms with van der Waals surface area (Å²) in [6, 6.07) is 3.58. The zero-order valence-electron chi connectivity index (χ0n) is 7.60. The van der Waals surface area contributed by atoms with Gasteiger partial charge in [0, 0.05) is 5.69 Å². The van der Waals surface area contributed by atoms with Gasteiger partial charge in [-0.15, -0.1) is 0 Å². The van der Waals surface area contributed by atoms with Crippen LogP contribution in [0.3, 0.4) is 0 Å². The molecule has 6 heteroatoms. The second-order valence-corrected chi connectivity index (χ2v) is 2.74. The van der Waals surface area contributed by atoms with Gasteiger partial charge in [-0.1, -0.05) is 0 Å². The Balaban J connectivity index is 2.97. The molecule has 80 valence electrons. The van der Waals surface area contributed by atoms with Crippen LogP contribution in [0, 0.1) is 0 Å². The summed E-state index contributed by atoms with van der Waals surface area (Å²) in [5, 5.41) is 28.5. The first kappa shape index (κ1) is 11.0. The van der Waals surface area contributed by atoms with Crippen molar-refractivity contribution in [3.05, 3.63) is 23.8 Å². The smallest absolute Gasteiger partial charge is 0.339 e. The molecule has 1 rings (SSSR count). The molecule has 4 N–H and O–H groups in total. The van der Waals surface area contributed by atoms with E-state index in [1.807, 2.05) is 0 Å². The van der Waals surface area contributed by atoms with Crippen LogP contribution in [0.5, 0.6) is 5.75 Å². The van der Waals surface area contributed by atoms with Crippen LogP contribution >= 0.6 is 0 Å². The molecule has 1 amide bonds. The molecule has 0 radical (unpaired) electrons. The van der Waals surface area contributed by atoms with Crippen LogP contribution in [0.2, 0.25) is 0 Å². The zero-order valence-corrected chi connectivity index (χ0v) is 7.60. The fourth-order valence-electron chi connectivity index (χ4n) is 0.986. The average Bonchev–Trinajstić information content (AvgIpc) is 2.20. The molecule has 0 atom stereocenters. The van der Waals surface area contributed by atoms with E-state index in [1.54, 1.807) is 0 Å². The third-order valence-electron chi connectivity index (χ3n) is 1.65. The Morgan fingerprint density at radius 3 is 2.53 bits per heavy atom. The van der Waals surface area contributed by atoms with E-state index < -0.39 is 18.5 Å². The van der Waals surface area contributed by atoms with Gasteiger partial charge in [0.25, 0.3) is 0 Å². The molecule has 0 unspecified atom stereocenters. The number of amides is 1. The topological polar surface area (TPSA) is 107 Å².